The number of nitrogens with zero attached hydrogens (tertiary/aromatic N) is 2. The Balaban J connectivity index is 1.69. The molecule has 0 spiro atoms. The molecule has 3 rings (SSSR count). The molecule has 1 aliphatic rings. The predicted octanol–water partition coefficient (Wildman–Crippen LogP) is 2.07. The van der Waals surface area contributed by atoms with Gasteiger partial charge in [0.15, 0.2) is 0 Å². The van der Waals surface area contributed by atoms with Crippen LogP contribution in [0.1, 0.15) is 12.8 Å². The Labute approximate surface area is 104 Å². The summed E-state index contributed by atoms with van der Waals surface area (Å²) in [6, 6.07) is 2.00. The van der Waals surface area contributed by atoms with Gasteiger partial charge in [-0.05, 0) is 30.8 Å². The highest BCUT2D eigenvalue weighted by molar-refractivity contribution is 7.17. The minimum absolute atomic E-state index is 0.605. The van der Waals surface area contributed by atoms with Gasteiger partial charge >= 0.3 is 0 Å². The monoisotopic (exact) mass is 249 g/mol. The average Bonchev–Trinajstić information content (AvgIpc) is 2.86. The predicted molar refractivity (Wildman–Crippen MR) is 68.5 cm³/mol. The first-order valence-corrected chi connectivity index (χ1v) is 6.83. The first-order valence-electron chi connectivity index (χ1n) is 5.95. The third-order valence-corrected chi connectivity index (χ3v) is 3.96. The minimum atomic E-state index is 0.605. The second kappa shape index (κ2) is 4.98. The van der Waals surface area contributed by atoms with Gasteiger partial charge in [-0.3, -0.25) is 0 Å². The van der Waals surface area contributed by atoms with Gasteiger partial charge in [0, 0.05) is 12.5 Å². The molecule has 1 atom stereocenters. The van der Waals surface area contributed by atoms with Gasteiger partial charge in [0.05, 0.1) is 12.1 Å². The van der Waals surface area contributed by atoms with E-state index in [1.54, 1.807) is 17.7 Å². The molecule has 1 unspecified atom stereocenters. The maximum atomic E-state index is 5.84. The Kier molecular flexibility index (Phi) is 3.20. The lowest BCUT2D eigenvalue weighted by atomic mass is 10.0. The van der Waals surface area contributed by atoms with Gasteiger partial charge in [0.1, 0.15) is 11.0 Å². The van der Waals surface area contributed by atoms with E-state index in [4.69, 9.17) is 4.74 Å². The third-order valence-electron chi connectivity index (χ3n) is 3.07. The largest absolute Gasteiger partial charge is 0.476 e. The van der Waals surface area contributed by atoms with Gasteiger partial charge in [-0.25, -0.2) is 9.97 Å². The Bertz CT molecular complexity index is 493. The number of hydrogen-bond acceptors (Lipinski definition) is 5. The fourth-order valence-corrected chi connectivity index (χ4v) is 2.92. The molecule has 2 aromatic heterocycles. The van der Waals surface area contributed by atoms with E-state index in [9.17, 15) is 0 Å². The summed E-state index contributed by atoms with van der Waals surface area (Å²) in [5.41, 5.74) is 0.974. The van der Waals surface area contributed by atoms with E-state index in [-0.39, 0.29) is 0 Å². The van der Waals surface area contributed by atoms with Crippen LogP contribution in [0.4, 0.5) is 0 Å². The molecule has 0 amide bonds. The lowest BCUT2D eigenvalue weighted by molar-refractivity contribution is 0.214. The molecule has 17 heavy (non-hydrogen) atoms. The molecule has 5 heteroatoms. The van der Waals surface area contributed by atoms with Crippen LogP contribution in [0.25, 0.3) is 10.2 Å². The van der Waals surface area contributed by atoms with Crippen molar-refractivity contribution in [3.63, 3.8) is 0 Å². The zero-order chi connectivity index (χ0) is 11.5. The molecule has 2 aromatic rings. The number of fused-ring (bicyclic) bond motifs is 1. The summed E-state index contributed by atoms with van der Waals surface area (Å²) >= 11 is 1.63. The molecular weight excluding hydrogens is 234 g/mol. The third kappa shape index (κ3) is 2.40. The Morgan fingerprint density at radius 3 is 3.35 bits per heavy atom. The quantitative estimate of drug-likeness (QED) is 0.904. The van der Waals surface area contributed by atoms with E-state index in [2.05, 4.69) is 15.3 Å². The number of nitrogens with one attached hydrogen (secondary N) is 1. The fourth-order valence-electron chi connectivity index (χ4n) is 2.13. The summed E-state index contributed by atoms with van der Waals surface area (Å²) in [6.07, 6.45) is 4.06. The maximum Gasteiger partial charge on any atom is 0.234 e. The van der Waals surface area contributed by atoms with Crippen molar-refractivity contribution in [1.29, 1.82) is 0 Å². The van der Waals surface area contributed by atoms with Crippen LogP contribution in [0, 0.1) is 5.92 Å². The topological polar surface area (TPSA) is 47.0 Å². The van der Waals surface area contributed by atoms with Crippen LogP contribution in [0.5, 0.6) is 5.88 Å². The Hall–Kier alpha value is -1.20. The number of rotatable bonds is 3. The summed E-state index contributed by atoms with van der Waals surface area (Å²) < 4.78 is 6.89. The molecule has 0 aromatic carbocycles. The highest BCUT2D eigenvalue weighted by Gasteiger charge is 2.15. The van der Waals surface area contributed by atoms with Crippen molar-refractivity contribution >= 4 is 21.6 Å². The van der Waals surface area contributed by atoms with Crippen molar-refractivity contribution in [2.75, 3.05) is 19.7 Å². The van der Waals surface area contributed by atoms with E-state index in [1.165, 1.54) is 12.8 Å². The van der Waals surface area contributed by atoms with E-state index in [0.29, 0.717) is 5.92 Å². The summed E-state index contributed by atoms with van der Waals surface area (Å²) in [6.45, 7) is 2.94. The van der Waals surface area contributed by atoms with Crippen LogP contribution < -0.4 is 10.1 Å². The van der Waals surface area contributed by atoms with Crippen molar-refractivity contribution in [2.45, 2.75) is 12.8 Å². The van der Waals surface area contributed by atoms with Gasteiger partial charge in [0.2, 0.25) is 5.88 Å². The molecule has 3 heterocycles. The molecule has 0 bridgehead atoms. The van der Waals surface area contributed by atoms with E-state index >= 15 is 0 Å². The fraction of sp³-hybridized carbons (Fsp3) is 0.500. The summed E-state index contributed by atoms with van der Waals surface area (Å²) in [5, 5.41) is 5.42. The van der Waals surface area contributed by atoms with Crippen LogP contribution in [0.2, 0.25) is 0 Å². The SMILES string of the molecule is c1nc(OCC2CCCNC2)c2sccc2n1. The zero-order valence-electron chi connectivity index (χ0n) is 9.56. The lowest BCUT2D eigenvalue weighted by Gasteiger charge is -2.22. The number of thiophene rings is 1. The van der Waals surface area contributed by atoms with Crippen LogP contribution in [-0.2, 0) is 0 Å². The van der Waals surface area contributed by atoms with Crippen LogP contribution in [0.15, 0.2) is 17.8 Å². The first-order chi connectivity index (χ1) is 8.43. The van der Waals surface area contributed by atoms with Crippen molar-refractivity contribution in [3.8, 4) is 5.88 Å². The standard InChI is InChI=1S/C12H15N3OS/c1-2-9(6-13-4-1)7-16-12-11-10(3-5-17-11)14-8-15-12/h3,5,8-9,13H,1-2,4,6-7H2. The molecule has 4 nitrogen and oxygen atoms in total. The first kappa shape index (κ1) is 10.9. The number of ether oxygens (including phenoxy) is 1. The molecule has 1 fully saturated rings. The maximum absolute atomic E-state index is 5.84. The van der Waals surface area contributed by atoms with Crippen molar-refractivity contribution in [2.24, 2.45) is 5.92 Å². The molecule has 0 radical (unpaired) electrons. The van der Waals surface area contributed by atoms with Crippen LogP contribution in [0.3, 0.4) is 0 Å². The normalized spacial score (nSPS) is 20.6. The van der Waals surface area contributed by atoms with Gasteiger partial charge in [0.25, 0.3) is 0 Å². The number of hydrogen-bond donors (Lipinski definition) is 1. The average molecular weight is 249 g/mol. The second-order valence-electron chi connectivity index (χ2n) is 4.34. The molecular formula is C12H15N3OS. The van der Waals surface area contributed by atoms with Crippen LogP contribution in [-0.4, -0.2) is 29.7 Å². The van der Waals surface area contributed by atoms with Gasteiger partial charge in [-0.15, -0.1) is 11.3 Å². The van der Waals surface area contributed by atoms with E-state index in [1.807, 2.05) is 11.4 Å². The zero-order valence-corrected chi connectivity index (χ0v) is 10.4. The highest BCUT2D eigenvalue weighted by Crippen LogP contribution is 2.27. The van der Waals surface area contributed by atoms with Gasteiger partial charge in [-0.1, -0.05) is 0 Å². The molecule has 1 N–H and O–H groups in total. The molecule has 0 saturated carbocycles. The van der Waals surface area contributed by atoms with Crippen molar-refractivity contribution in [3.05, 3.63) is 17.8 Å². The van der Waals surface area contributed by atoms with Crippen molar-refractivity contribution < 1.29 is 4.74 Å². The number of piperidine rings is 1. The van der Waals surface area contributed by atoms with Gasteiger partial charge < -0.3 is 10.1 Å². The molecule has 90 valence electrons. The highest BCUT2D eigenvalue weighted by atomic mass is 32.1. The molecule has 0 aliphatic carbocycles. The van der Waals surface area contributed by atoms with E-state index < -0.39 is 0 Å². The van der Waals surface area contributed by atoms with Crippen molar-refractivity contribution in [1.82, 2.24) is 15.3 Å². The van der Waals surface area contributed by atoms with Gasteiger partial charge in [-0.2, -0.15) is 0 Å². The Morgan fingerprint density at radius 2 is 2.47 bits per heavy atom. The lowest BCUT2D eigenvalue weighted by Crippen LogP contribution is -2.33. The molecule has 1 aliphatic heterocycles. The number of aromatic nitrogens is 2. The Morgan fingerprint density at radius 1 is 1.47 bits per heavy atom. The molecule has 1 saturated heterocycles. The smallest absolute Gasteiger partial charge is 0.234 e. The van der Waals surface area contributed by atoms with Crippen LogP contribution >= 0.6 is 11.3 Å². The second-order valence-corrected chi connectivity index (χ2v) is 5.25. The summed E-state index contributed by atoms with van der Waals surface area (Å²) in [4.78, 5) is 8.42. The van der Waals surface area contributed by atoms with E-state index in [0.717, 1.165) is 35.8 Å². The summed E-state index contributed by atoms with van der Waals surface area (Å²) in [7, 11) is 0. The summed E-state index contributed by atoms with van der Waals surface area (Å²) in [5.74, 6) is 1.34. The minimum Gasteiger partial charge on any atom is -0.476 e.